The van der Waals surface area contributed by atoms with Gasteiger partial charge in [-0.15, -0.1) is 0 Å². The van der Waals surface area contributed by atoms with Crippen LogP contribution in [-0.4, -0.2) is 13.1 Å². The number of nitriles is 1. The summed E-state index contributed by atoms with van der Waals surface area (Å²) in [6.45, 7) is 2.00. The summed E-state index contributed by atoms with van der Waals surface area (Å²) in [7, 11) is 0. The molecule has 20 heavy (non-hydrogen) atoms. The molecular formula is C17H15BrN2. The molecule has 0 saturated carbocycles. The minimum Gasteiger partial charge on any atom is -0.370 e. The predicted octanol–water partition coefficient (Wildman–Crippen LogP) is 4.31. The maximum Gasteiger partial charge on any atom is 0.101 e. The third-order valence-corrected chi connectivity index (χ3v) is 4.42. The minimum atomic E-state index is 0.551. The van der Waals surface area contributed by atoms with Gasteiger partial charge in [0.15, 0.2) is 0 Å². The molecule has 100 valence electrons. The minimum absolute atomic E-state index is 0.551. The molecule has 0 N–H and O–H groups in total. The van der Waals surface area contributed by atoms with Crippen molar-refractivity contribution in [3.05, 3.63) is 64.1 Å². The molecule has 3 rings (SSSR count). The van der Waals surface area contributed by atoms with Crippen LogP contribution in [0.5, 0.6) is 0 Å². The van der Waals surface area contributed by atoms with Gasteiger partial charge in [0.1, 0.15) is 6.07 Å². The first-order chi connectivity index (χ1) is 9.78. The number of hydrogen-bond donors (Lipinski definition) is 0. The molecule has 0 aromatic heterocycles. The van der Waals surface area contributed by atoms with Crippen molar-refractivity contribution in [2.45, 2.75) is 12.3 Å². The molecule has 2 aromatic rings. The first kappa shape index (κ1) is 13.2. The summed E-state index contributed by atoms with van der Waals surface area (Å²) in [6, 6.07) is 18.7. The van der Waals surface area contributed by atoms with Crippen molar-refractivity contribution in [2.75, 3.05) is 18.0 Å². The van der Waals surface area contributed by atoms with E-state index in [0.29, 0.717) is 5.92 Å². The van der Waals surface area contributed by atoms with E-state index in [1.807, 2.05) is 24.3 Å². The van der Waals surface area contributed by atoms with Gasteiger partial charge >= 0.3 is 0 Å². The molecule has 0 bridgehead atoms. The van der Waals surface area contributed by atoms with Crippen LogP contribution in [0, 0.1) is 11.3 Å². The SMILES string of the molecule is N#Cc1ccccc1N1CCC(c2ccc(Br)cc2)C1. The monoisotopic (exact) mass is 326 g/mol. The molecule has 2 aromatic carbocycles. The summed E-state index contributed by atoms with van der Waals surface area (Å²) in [5.41, 5.74) is 3.21. The molecule has 0 spiro atoms. The van der Waals surface area contributed by atoms with Crippen LogP contribution in [-0.2, 0) is 0 Å². The van der Waals surface area contributed by atoms with E-state index in [0.717, 1.165) is 35.2 Å². The number of para-hydroxylation sites is 1. The van der Waals surface area contributed by atoms with Crippen LogP contribution in [0.15, 0.2) is 53.0 Å². The molecule has 1 unspecified atom stereocenters. The number of anilines is 1. The molecule has 3 heteroatoms. The second kappa shape index (κ2) is 5.68. The van der Waals surface area contributed by atoms with Crippen molar-refractivity contribution in [1.82, 2.24) is 0 Å². The Morgan fingerprint density at radius 3 is 2.60 bits per heavy atom. The lowest BCUT2D eigenvalue weighted by Gasteiger charge is -2.20. The van der Waals surface area contributed by atoms with Crippen LogP contribution >= 0.6 is 15.9 Å². The van der Waals surface area contributed by atoms with Crippen LogP contribution in [0.25, 0.3) is 0 Å². The molecular weight excluding hydrogens is 312 g/mol. The zero-order valence-corrected chi connectivity index (χ0v) is 12.7. The second-order valence-corrected chi connectivity index (χ2v) is 6.03. The van der Waals surface area contributed by atoms with Crippen LogP contribution < -0.4 is 4.90 Å². The molecule has 1 saturated heterocycles. The quantitative estimate of drug-likeness (QED) is 0.822. The Labute approximate surface area is 127 Å². The third kappa shape index (κ3) is 2.57. The highest BCUT2D eigenvalue weighted by atomic mass is 79.9. The second-order valence-electron chi connectivity index (χ2n) is 5.11. The fraction of sp³-hybridized carbons (Fsp3) is 0.235. The van der Waals surface area contributed by atoms with E-state index in [9.17, 15) is 5.26 Å². The van der Waals surface area contributed by atoms with Gasteiger partial charge in [0.25, 0.3) is 0 Å². The normalized spacial score (nSPS) is 18.0. The molecule has 1 aliphatic heterocycles. The number of halogens is 1. The van der Waals surface area contributed by atoms with E-state index in [-0.39, 0.29) is 0 Å². The van der Waals surface area contributed by atoms with Crippen LogP contribution in [0.2, 0.25) is 0 Å². The maximum absolute atomic E-state index is 9.21. The number of hydrogen-bond acceptors (Lipinski definition) is 2. The van der Waals surface area contributed by atoms with Crippen molar-refractivity contribution in [1.29, 1.82) is 5.26 Å². The molecule has 0 amide bonds. The first-order valence-corrected chi connectivity index (χ1v) is 7.57. The highest BCUT2D eigenvalue weighted by Gasteiger charge is 2.25. The van der Waals surface area contributed by atoms with E-state index in [1.165, 1.54) is 5.56 Å². The van der Waals surface area contributed by atoms with Crippen LogP contribution in [0.1, 0.15) is 23.5 Å². The van der Waals surface area contributed by atoms with E-state index in [4.69, 9.17) is 0 Å². The fourth-order valence-corrected chi connectivity index (χ4v) is 3.09. The molecule has 2 nitrogen and oxygen atoms in total. The average molecular weight is 327 g/mol. The Hall–Kier alpha value is -1.79. The van der Waals surface area contributed by atoms with E-state index < -0.39 is 0 Å². The van der Waals surface area contributed by atoms with Crippen molar-refractivity contribution >= 4 is 21.6 Å². The van der Waals surface area contributed by atoms with Gasteiger partial charge < -0.3 is 4.90 Å². The van der Waals surface area contributed by atoms with Gasteiger partial charge in [0.2, 0.25) is 0 Å². The summed E-state index contributed by atoms with van der Waals surface area (Å²) in [5, 5.41) is 9.21. The predicted molar refractivity (Wildman–Crippen MR) is 84.9 cm³/mol. The summed E-state index contributed by atoms with van der Waals surface area (Å²) in [4.78, 5) is 2.32. The molecule has 1 aliphatic rings. The van der Waals surface area contributed by atoms with Gasteiger partial charge in [0.05, 0.1) is 11.3 Å². The smallest absolute Gasteiger partial charge is 0.101 e. The van der Waals surface area contributed by atoms with Crippen molar-refractivity contribution < 1.29 is 0 Å². The van der Waals surface area contributed by atoms with E-state index in [1.54, 1.807) is 0 Å². The van der Waals surface area contributed by atoms with Crippen LogP contribution in [0.3, 0.4) is 0 Å². The zero-order chi connectivity index (χ0) is 13.9. The highest BCUT2D eigenvalue weighted by Crippen LogP contribution is 2.32. The summed E-state index contributed by atoms with van der Waals surface area (Å²) >= 11 is 3.48. The Morgan fingerprint density at radius 1 is 1.10 bits per heavy atom. The van der Waals surface area contributed by atoms with Crippen molar-refractivity contribution in [3.8, 4) is 6.07 Å². The Morgan fingerprint density at radius 2 is 1.85 bits per heavy atom. The lowest BCUT2D eigenvalue weighted by Crippen LogP contribution is -2.20. The maximum atomic E-state index is 9.21. The molecule has 1 fully saturated rings. The van der Waals surface area contributed by atoms with Gasteiger partial charge in [-0.2, -0.15) is 5.26 Å². The van der Waals surface area contributed by atoms with Crippen molar-refractivity contribution in [2.24, 2.45) is 0 Å². The topological polar surface area (TPSA) is 27.0 Å². The van der Waals surface area contributed by atoms with Crippen molar-refractivity contribution in [3.63, 3.8) is 0 Å². The Kier molecular flexibility index (Phi) is 3.75. The lowest BCUT2D eigenvalue weighted by molar-refractivity contribution is 0.775. The largest absolute Gasteiger partial charge is 0.370 e. The van der Waals surface area contributed by atoms with E-state index in [2.05, 4.69) is 51.2 Å². The summed E-state index contributed by atoms with van der Waals surface area (Å²) in [6.07, 6.45) is 1.14. The van der Waals surface area contributed by atoms with Gasteiger partial charge in [-0.1, -0.05) is 40.2 Å². The standard InChI is InChI=1S/C17H15BrN2/c18-16-7-5-13(6-8-16)15-9-10-20(12-15)17-4-2-1-3-14(17)11-19/h1-8,15H,9-10,12H2. The average Bonchev–Trinajstić information content (AvgIpc) is 2.97. The summed E-state index contributed by atoms with van der Waals surface area (Å²) < 4.78 is 1.12. The zero-order valence-electron chi connectivity index (χ0n) is 11.1. The molecule has 1 heterocycles. The third-order valence-electron chi connectivity index (χ3n) is 3.89. The van der Waals surface area contributed by atoms with Gasteiger partial charge in [-0.05, 0) is 36.2 Å². The fourth-order valence-electron chi connectivity index (χ4n) is 2.83. The molecule has 0 radical (unpaired) electrons. The number of nitrogens with zero attached hydrogens (tertiary/aromatic N) is 2. The molecule has 1 atom stereocenters. The van der Waals surface area contributed by atoms with Crippen LogP contribution in [0.4, 0.5) is 5.69 Å². The Bertz CT molecular complexity index is 643. The summed E-state index contributed by atoms with van der Waals surface area (Å²) in [5.74, 6) is 0.551. The Balaban J connectivity index is 1.80. The number of benzene rings is 2. The highest BCUT2D eigenvalue weighted by molar-refractivity contribution is 9.10. The van der Waals surface area contributed by atoms with Gasteiger partial charge in [-0.3, -0.25) is 0 Å². The number of rotatable bonds is 2. The van der Waals surface area contributed by atoms with Gasteiger partial charge in [-0.25, -0.2) is 0 Å². The van der Waals surface area contributed by atoms with Gasteiger partial charge in [0, 0.05) is 23.5 Å². The molecule has 0 aliphatic carbocycles. The first-order valence-electron chi connectivity index (χ1n) is 6.77. The lowest BCUT2D eigenvalue weighted by atomic mass is 9.99. The van der Waals surface area contributed by atoms with E-state index >= 15 is 0 Å².